The maximum atomic E-state index is 4.56. The Bertz CT molecular complexity index is 361. The fourth-order valence-electron chi connectivity index (χ4n) is 2.75. The van der Waals surface area contributed by atoms with Gasteiger partial charge in [-0.25, -0.2) is 9.97 Å². The van der Waals surface area contributed by atoms with E-state index in [-0.39, 0.29) is 0 Å². The second-order valence-corrected chi connectivity index (χ2v) is 5.30. The van der Waals surface area contributed by atoms with Gasteiger partial charge in [0.15, 0.2) is 0 Å². The van der Waals surface area contributed by atoms with Gasteiger partial charge in [0.05, 0.1) is 0 Å². The molecule has 1 atom stereocenters. The van der Waals surface area contributed by atoms with Crippen molar-refractivity contribution in [3.8, 4) is 0 Å². The zero-order valence-corrected chi connectivity index (χ0v) is 12.2. The monoisotopic (exact) mass is 262 g/mol. The second-order valence-electron chi connectivity index (χ2n) is 5.30. The van der Waals surface area contributed by atoms with Gasteiger partial charge in [-0.1, -0.05) is 20.3 Å². The molecule has 0 radical (unpaired) electrons. The maximum Gasteiger partial charge on any atom is 0.225 e. The molecule has 0 spiro atoms. The molecule has 0 saturated carbocycles. The predicted octanol–water partition coefficient (Wildman–Crippen LogP) is 2.75. The molecule has 1 saturated heterocycles. The number of nitrogens with one attached hydrogen (secondary N) is 1. The zero-order valence-electron chi connectivity index (χ0n) is 12.2. The average Bonchev–Trinajstić information content (AvgIpc) is 2.47. The summed E-state index contributed by atoms with van der Waals surface area (Å²) in [6, 6.07) is 0.637. The van der Waals surface area contributed by atoms with E-state index in [1.54, 1.807) is 0 Å². The van der Waals surface area contributed by atoms with Crippen LogP contribution >= 0.6 is 0 Å². The van der Waals surface area contributed by atoms with Crippen molar-refractivity contribution >= 4 is 5.95 Å². The Morgan fingerprint density at radius 3 is 2.74 bits per heavy atom. The van der Waals surface area contributed by atoms with Crippen LogP contribution in [0.25, 0.3) is 0 Å². The van der Waals surface area contributed by atoms with Crippen LogP contribution in [-0.4, -0.2) is 29.1 Å². The molecular weight excluding hydrogens is 236 g/mol. The summed E-state index contributed by atoms with van der Waals surface area (Å²) in [5.74, 6) is 0.915. The van der Waals surface area contributed by atoms with Crippen LogP contribution in [0.5, 0.6) is 0 Å². The van der Waals surface area contributed by atoms with E-state index in [0.717, 1.165) is 31.1 Å². The van der Waals surface area contributed by atoms with Crippen LogP contribution < -0.4 is 10.2 Å². The zero-order chi connectivity index (χ0) is 13.5. The molecular formula is C15H26N4. The third-order valence-electron chi connectivity index (χ3n) is 3.78. The molecule has 1 aliphatic rings. The average molecular weight is 262 g/mol. The molecule has 1 N–H and O–H groups in total. The predicted molar refractivity (Wildman–Crippen MR) is 79.3 cm³/mol. The Morgan fingerprint density at radius 2 is 2.05 bits per heavy atom. The summed E-state index contributed by atoms with van der Waals surface area (Å²) in [6.45, 7) is 7.31. The lowest BCUT2D eigenvalue weighted by Gasteiger charge is -2.35. The van der Waals surface area contributed by atoms with Crippen molar-refractivity contribution in [1.82, 2.24) is 15.3 Å². The quantitative estimate of drug-likeness (QED) is 0.856. The second kappa shape index (κ2) is 7.43. The van der Waals surface area contributed by atoms with Crippen LogP contribution in [0.3, 0.4) is 0 Å². The third-order valence-corrected chi connectivity index (χ3v) is 3.78. The molecule has 0 aromatic carbocycles. The number of piperidine rings is 1. The van der Waals surface area contributed by atoms with Gasteiger partial charge in [0, 0.05) is 37.1 Å². The van der Waals surface area contributed by atoms with E-state index >= 15 is 0 Å². The molecule has 4 heteroatoms. The Morgan fingerprint density at radius 1 is 1.26 bits per heavy atom. The van der Waals surface area contributed by atoms with Crippen LogP contribution in [0.4, 0.5) is 5.95 Å². The van der Waals surface area contributed by atoms with Gasteiger partial charge in [0.1, 0.15) is 0 Å². The molecule has 0 bridgehead atoms. The van der Waals surface area contributed by atoms with Gasteiger partial charge in [0.25, 0.3) is 0 Å². The molecule has 19 heavy (non-hydrogen) atoms. The lowest BCUT2D eigenvalue weighted by atomic mass is 9.99. The van der Waals surface area contributed by atoms with Crippen LogP contribution in [0.2, 0.25) is 0 Å². The Hall–Kier alpha value is -1.16. The first-order valence-electron chi connectivity index (χ1n) is 7.63. The topological polar surface area (TPSA) is 41.1 Å². The molecule has 1 unspecified atom stereocenters. The van der Waals surface area contributed by atoms with E-state index in [2.05, 4.69) is 34.0 Å². The summed E-state index contributed by atoms with van der Waals surface area (Å²) in [4.78, 5) is 11.5. The van der Waals surface area contributed by atoms with Crippen LogP contribution in [0.15, 0.2) is 12.4 Å². The number of hydrogen-bond acceptors (Lipinski definition) is 4. The lowest BCUT2D eigenvalue weighted by molar-refractivity contribution is 0.428. The summed E-state index contributed by atoms with van der Waals surface area (Å²) in [7, 11) is 0. The lowest BCUT2D eigenvalue weighted by Crippen LogP contribution is -2.40. The normalized spacial score (nSPS) is 19.7. The molecule has 2 rings (SSSR count). The van der Waals surface area contributed by atoms with Gasteiger partial charge in [-0.3, -0.25) is 0 Å². The van der Waals surface area contributed by atoms with Crippen molar-refractivity contribution in [2.45, 2.75) is 58.5 Å². The summed E-state index contributed by atoms with van der Waals surface area (Å²) >= 11 is 0. The highest BCUT2D eigenvalue weighted by Crippen LogP contribution is 2.24. The van der Waals surface area contributed by atoms with Crippen molar-refractivity contribution in [1.29, 1.82) is 0 Å². The molecule has 1 aromatic rings. The van der Waals surface area contributed by atoms with Crippen LogP contribution in [0.1, 0.15) is 51.5 Å². The van der Waals surface area contributed by atoms with E-state index in [1.165, 1.54) is 32.1 Å². The summed E-state index contributed by atoms with van der Waals surface area (Å²) in [5.41, 5.74) is 1.16. The molecule has 2 heterocycles. The highest BCUT2D eigenvalue weighted by molar-refractivity contribution is 5.32. The maximum absolute atomic E-state index is 4.56. The molecule has 1 aliphatic heterocycles. The first-order valence-corrected chi connectivity index (χ1v) is 7.63. The number of rotatable bonds is 6. The number of aromatic nitrogens is 2. The Labute approximate surface area is 116 Å². The van der Waals surface area contributed by atoms with E-state index in [0.29, 0.717) is 6.04 Å². The van der Waals surface area contributed by atoms with Gasteiger partial charge in [0.2, 0.25) is 5.95 Å². The first-order chi connectivity index (χ1) is 9.35. The Balaban J connectivity index is 2.02. The number of hydrogen-bond donors (Lipinski definition) is 1. The van der Waals surface area contributed by atoms with Crippen molar-refractivity contribution in [3.63, 3.8) is 0 Å². The first kappa shape index (κ1) is 14.3. The summed E-state index contributed by atoms with van der Waals surface area (Å²) in [5, 5.41) is 3.30. The van der Waals surface area contributed by atoms with Crippen molar-refractivity contribution < 1.29 is 0 Å². The van der Waals surface area contributed by atoms with Gasteiger partial charge in [-0.15, -0.1) is 0 Å². The van der Waals surface area contributed by atoms with E-state index in [4.69, 9.17) is 0 Å². The Kier molecular flexibility index (Phi) is 5.58. The van der Waals surface area contributed by atoms with Gasteiger partial charge in [-0.05, 0) is 32.2 Å². The number of nitrogens with zero attached hydrogens (tertiary/aromatic N) is 3. The minimum Gasteiger partial charge on any atom is -0.338 e. The SMILES string of the molecule is CCCC1CCCCN1c1ncc(CNCC)cn1. The number of anilines is 1. The van der Waals surface area contributed by atoms with Crippen LogP contribution in [-0.2, 0) is 6.54 Å². The molecule has 106 valence electrons. The standard InChI is InChI=1S/C15H26N4/c1-3-7-14-8-5-6-9-19(14)15-17-11-13(12-18-15)10-16-4-2/h11-12,14,16H,3-10H2,1-2H3. The fraction of sp³-hybridized carbons (Fsp3) is 0.733. The highest BCUT2D eigenvalue weighted by atomic mass is 15.3. The molecule has 4 nitrogen and oxygen atoms in total. The fourth-order valence-corrected chi connectivity index (χ4v) is 2.75. The molecule has 1 aromatic heterocycles. The van der Waals surface area contributed by atoms with E-state index < -0.39 is 0 Å². The summed E-state index contributed by atoms with van der Waals surface area (Å²) < 4.78 is 0. The van der Waals surface area contributed by atoms with Crippen LogP contribution in [0, 0.1) is 0 Å². The third kappa shape index (κ3) is 3.90. The molecule has 0 aliphatic carbocycles. The van der Waals surface area contributed by atoms with Gasteiger partial charge < -0.3 is 10.2 Å². The molecule has 0 amide bonds. The van der Waals surface area contributed by atoms with Crippen molar-refractivity contribution in [2.24, 2.45) is 0 Å². The largest absolute Gasteiger partial charge is 0.338 e. The molecule has 1 fully saturated rings. The smallest absolute Gasteiger partial charge is 0.225 e. The highest BCUT2D eigenvalue weighted by Gasteiger charge is 2.23. The van der Waals surface area contributed by atoms with E-state index in [1.807, 2.05) is 12.4 Å². The minimum atomic E-state index is 0.637. The summed E-state index contributed by atoms with van der Waals surface area (Å²) in [6.07, 6.45) is 10.3. The van der Waals surface area contributed by atoms with Gasteiger partial charge in [-0.2, -0.15) is 0 Å². The van der Waals surface area contributed by atoms with Gasteiger partial charge >= 0.3 is 0 Å². The van der Waals surface area contributed by atoms with E-state index in [9.17, 15) is 0 Å². The minimum absolute atomic E-state index is 0.637. The van der Waals surface area contributed by atoms with Crippen molar-refractivity contribution in [2.75, 3.05) is 18.0 Å². The van der Waals surface area contributed by atoms with Crippen molar-refractivity contribution in [3.05, 3.63) is 18.0 Å².